The predicted octanol–water partition coefficient (Wildman–Crippen LogP) is 2.34. The van der Waals surface area contributed by atoms with Crippen LogP contribution in [0.2, 0.25) is 0 Å². The van der Waals surface area contributed by atoms with Gasteiger partial charge in [0.05, 0.1) is 11.5 Å². The number of halogens is 1. The quantitative estimate of drug-likeness (QED) is 0.592. The van der Waals surface area contributed by atoms with Gasteiger partial charge in [0.25, 0.3) is 15.0 Å². The summed E-state index contributed by atoms with van der Waals surface area (Å²) in [5, 5.41) is 0. The number of benzene rings is 1. The van der Waals surface area contributed by atoms with Gasteiger partial charge in [-0.15, -0.1) is 0 Å². The summed E-state index contributed by atoms with van der Waals surface area (Å²) in [5.74, 6) is -0.264. The summed E-state index contributed by atoms with van der Waals surface area (Å²) in [6, 6.07) is 2.99. The monoisotopic (exact) mass is 333 g/mol. The zero-order valence-electron chi connectivity index (χ0n) is 12.6. The lowest BCUT2D eigenvalue weighted by molar-refractivity contribution is 0.0709. The molecule has 0 fully saturated rings. The van der Waals surface area contributed by atoms with Crippen LogP contribution in [0.25, 0.3) is 0 Å². The van der Waals surface area contributed by atoms with Gasteiger partial charge >= 0.3 is 0 Å². The number of ether oxygens (including phenoxy) is 1. The molecule has 0 heterocycles. The smallest absolute Gasteiger partial charge is 0.261 e. The summed E-state index contributed by atoms with van der Waals surface area (Å²) in [4.78, 5) is 13.8. The summed E-state index contributed by atoms with van der Waals surface area (Å²) >= 11 is 0. The molecule has 0 atom stereocenters. The van der Waals surface area contributed by atoms with Crippen molar-refractivity contribution in [2.45, 2.75) is 25.7 Å². The largest absolute Gasteiger partial charge is 0.380 e. The highest BCUT2D eigenvalue weighted by Crippen LogP contribution is 2.24. The molecule has 0 unspecified atom stereocenters. The lowest BCUT2D eigenvalue weighted by Crippen LogP contribution is -2.30. The molecule has 7 heteroatoms. The lowest BCUT2D eigenvalue weighted by Gasteiger charge is -2.18. The van der Waals surface area contributed by atoms with E-state index in [4.69, 9.17) is 15.4 Å². The van der Waals surface area contributed by atoms with E-state index in [0.717, 1.165) is 0 Å². The Balaban J connectivity index is 3.09. The minimum absolute atomic E-state index is 0.0225. The maximum Gasteiger partial charge on any atom is 0.261 e. The van der Waals surface area contributed by atoms with Crippen molar-refractivity contribution in [2.24, 2.45) is 0 Å². The molecular formula is C14H20ClNO4S. The van der Waals surface area contributed by atoms with Crippen LogP contribution in [0, 0.1) is 13.8 Å². The highest BCUT2D eigenvalue weighted by molar-refractivity contribution is 8.13. The first-order valence-electron chi connectivity index (χ1n) is 6.57. The van der Waals surface area contributed by atoms with Crippen molar-refractivity contribution < 1.29 is 17.9 Å². The molecule has 1 amide bonds. The molecule has 21 heavy (non-hydrogen) atoms. The topological polar surface area (TPSA) is 63.7 Å². The number of nitrogens with zero attached hydrogens (tertiary/aromatic N) is 1. The van der Waals surface area contributed by atoms with Crippen LogP contribution in [-0.2, 0) is 13.8 Å². The summed E-state index contributed by atoms with van der Waals surface area (Å²) < 4.78 is 28.4. The second-order valence-electron chi connectivity index (χ2n) is 4.78. The molecule has 0 saturated carbocycles. The van der Waals surface area contributed by atoms with Crippen LogP contribution in [0.15, 0.2) is 17.0 Å². The molecule has 1 aromatic rings. The maximum atomic E-state index is 12.3. The number of carbonyl (C=O) groups excluding carboxylic acids is 1. The maximum absolute atomic E-state index is 12.3. The van der Waals surface area contributed by atoms with Crippen LogP contribution in [0.3, 0.4) is 0 Å². The number of aryl methyl sites for hydroxylation is 1. The van der Waals surface area contributed by atoms with E-state index in [1.165, 1.54) is 11.0 Å². The minimum Gasteiger partial charge on any atom is -0.380 e. The fraction of sp³-hybridized carbons (Fsp3) is 0.500. The lowest BCUT2D eigenvalue weighted by atomic mass is 10.1. The molecule has 0 bridgehead atoms. The molecule has 0 aliphatic rings. The van der Waals surface area contributed by atoms with Gasteiger partial charge in [-0.1, -0.05) is 0 Å². The van der Waals surface area contributed by atoms with Crippen molar-refractivity contribution in [2.75, 3.05) is 26.8 Å². The van der Waals surface area contributed by atoms with Gasteiger partial charge in [-0.2, -0.15) is 0 Å². The third-order valence-corrected chi connectivity index (χ3v) is 4.70. The van der Waals surface area contributed by atoms with Crippen molar-refractivity contribution in [3.8, 4) is 0 Å². The molecule has 0 aliphatic carbocycles. The highest BCUT2D eigenvalue weighted by atomic mass is 35.7. The van der Waals surface area contributed by atoms with Gasteiger partial charge in [0.15, 0.2) is 0 Å². The van der Waals surface area contributed by atoms with Crippen molar-refractivity contribution in [1.82, 2.24) is 4.90 Å². The SMILES string of the molecule is CCOCCN(C)C(=O)c1cc(C)c(C)c(S(=O)(=O)Cl)c1. The number of likely N-dealkylation sites (N-methyl/N-ethyl adjacent to an activating group) is 1. The van der Waals surface area contributed by atoms with E-state index in [-0.39, 0.29) is 10.8 Å². The summed E-state index contributed by atoms with van der Waals surface area (Å²) in [6.07, 6.45) is 0. The van der Waals surface area contributed by atoms with Crippen LogP contribution in [0.5, 0.6) is 0 Å². The van der Waals surface area contributed by atoms with E-state index >= 15 is 0 Å². The van der Waals surface area contributed by atoms with Gasteiger partial charge in [-0.3, -0.25) is 4.79 Å². The second-order valence-corrected chi connectivity index (χ2v) is 7.31. The fourth-order valence-electron chi connectivity index (χ4n) is 1.87. The number of hydrogen-bond acceptors (Lipinski definition) is 4. The fourth-order valence-corrected chi connectivity index (χ4v) is 3.15. The molecule has 1 rings (SSSR count). The van der Waals surface area contributed by atoms with E-state index in [1.807, 2.05) is 6.92 Å². The Morgan fingerprint density at radius 3 is 2.48 bits per heavy atom. The van der Waals surface area contributed by atoms with Crippen molar-refractivity contribution in [3.63, 3.8) is 0 Å². The van der Waals surface area contributed by atoms with Gasteiger partial charge in [0.1, 0.15) is 0 Å². The number of carbonyl (C=O) groups is 1. The molecule has 118 valence electrons. The third-order valence-electron chi connectivity index (χ3n) is 3.25. The molecule has 0 radical (unpaired) electrons. The second kappa shape index (κ2) is 7.24. The normalized spacial score (nSPS) is 11.5. The summed E-state index contributed by atoms with van der Waals surface area (Å²) in [7, 11) is 3.18. The first kappa shape index (κ1) is 17.9. The van der Waals surface area contributed by atoms with Crippen LogP contribution in [0.4, 0.5) is 0 Å². The molecule has 0 saturated heterocycles. The Hall–Kier alpha value is -1.11. The van der Waals surface area contributed by atoms with Gasteiger partial charge < -0.3 is 9.64 Å². The van der Waals surface area contributed by atoms with Gasteiger partial charge in [-0.25, -0.2) is 8.42 Å². The van der Waals surface area contributed by atoms with Crippen molar-refractivity contribution in [1.29, 1.82) is 0 Å². The van der Waals surface area contributed by atoms with E-state index in [0.29, 0.717) is 36.4 Å². The first-order valence-corrected chi connectivity index (χ1v) is 8.88. The Kier molecular flexibility index (Phi) is 6.19. The summed E-state index contributed by atoms with van der Waals surface area (Å²) in [5.41, 5.74) is 1.56. The number of rotatable bonds is 6. The van der Waals surface area contributed by atoms with Gasteiger partial charge in [0.2, 0.25) is 0 Å². The van der Waals surface area contributed by atoms with E-state index in [2.05, 4.69) is 0 Å². The molecule has 0 N–H and O–H groups in total. The van der Waals surface area contributed by atoms with Crippen LogP contribution >= 0.6 is 10.7 Å². The zero-order valence-corrected chi connectivity index (χ0v) is 14.2. The molecular weight excluding hydrogens is 314 g/mol. The van der Waals surface area contributed by atoms with Crippen molar-refractivity contribution >= 4 is 25.6 Å². The third kappa shape index (κ3) is 4.69. The summed E-state index contributed by atoms with van der Waals surface area (Å²) in [6.45, 7) is 6.74. The minimum atomic E-state index is -3.88. The molecule has 0 spiro atoms. The average molecular weight is 334 g/mol. The predicted molar refractivity (Wildman–Crippen MR) is 82.4 cm³/mol. The number of hydrogen-bond donors (Lipinski definition) is 0. The number of amides is 1. The van der Waals surface area contributed by atoms with Crippen LogP contribution in [0.1, 0.15) is 28.4 Å². The molecule has 5 nitrogen and oxygen atoms in total. The Morgan fingerprint density at radius 2 is 1.95 bits per heavy atom. The van der Waals surface area contributed by atoms with Crippen LogP contribution < -0.4 is 0 Å². The van der Waals surface area contributed by atoms with Crippen LogP contribution in [-0.4, -0.2) is 46.0 Å². The Morgan fingerprint density at radius 1 is 1.33 bits per heavy atom. The van der Waals surface area contributed by atoms with E-state index < -0.39 is 9.05 Å². The zero-order chi connectivity index (χ0) is 16.2. The van der Waals surface area contributed by atoms with Crippen molar-refractivity contribution in [3.05, 3.63) is 28.8 Å². The van der Waals surface area contributed by atoms with Gasteiger partial charge in [-0.05, 0) is 44.0 Å². The average Bonchev–Trinajstić information content (AvgIpc) is 2.39. The highest BCUT2D eigenvalue weighted by Gasteiger charge is 2.20. The van der Waals surface area contributed by atoms with E-state index in [9.17, 15) is 13.2 Å². The first-order chi connectivity index (χ1) is 9.68. The molecule has 0 aromatic heterocycles. The Labute approximate surface area is 130 Å². The molecule has 1 aromatic carbocycles. The van der Waals surface area contributed by atoms with E-state index in [1.54, 1.807) is 27.0 Å². The van der Waals surface area contributed by atoms with Gasteiger partial charge in [0, 0.05) is 36.4 Å². The molecule has 0 aliphatic heterocycles. The Bertz CT molecular complexity index is 628. The standard InChI is InChI=1S/C14H20ClNO4S/c1-5-20-7-6-16(4)14(17)12-8-10(2)11(3)13(9-12)21(15,18)19/h8-9H,5-7H2,1-4H3.